The van der Waals surface area contributed by atoms with Crippen LogP contribution in [-0.2, 0) is 4.79 Å². The monoisotopic (exact) mass is 281 g/mol. The summed E-state index contributed by atoms with van der Waals surface area (Å²) in [6, 6.07) is -1.47. The second-order valence-corrected chi connectivity index (χ2v) is 3.99. The number of hydrogen-bond acceptors (Lipinski definition) is 6. The maximum Gasteiger partial charge on any atom is 0.328 e. The highest BCUT2D eigenvalue weighted by molar-refractivity contribution is 6.07. The van der Waals surface area contributed by atoms with Crippen molar-refractivity contribution in [1.82, 2.24) is 15.3 Å². The van der Waals surface area contributed by atoms with E-state index >= 15 is 0 Å². The van der Waals surface area contributed by atoms with Gasteiger partial charge in [0.2, 0.25) is 5.71 Å². The van der Waals surface area contributed by atoms with Gasteiger partial charge < -0.3 is 24.9 Å². The summed E-state index contributed by atoms with van der Waals surface area (Å²) >= 11 is 0. The molecule has 0 aliphatic rings. The number of aliphatic carboxylic acids is 1. The summed E-state index contributed by atoms with van der Waals surface area (Å²) in [4.78, 5) is 40.6. The predicted molar refractivity (Wildman–Crippen MR) is 65.3 cm³/mol. The maximum atomic E-state index is 12.0. The van der Waals surface area contributed by atoms with Crippen LogP contribution in [0, 0.1) is 6.92 Å². The number of amides is 1. The zero-order chi connectivity index (χ0) is 14.9. The van der Waals surface area contributed by atoms with E-state index in [0.29, 0.717) is 0 Å². The summed E-state index contributed by atoms with van der Waals surface area (Å²) in [5, 5.41) is 19.7. The van der Waals surface area contributed by atoms with Crippen molar-refractivity contribution in [3.63, 3.8) is 0 Å². The standard InChI is InChI=1S/C11H11N3O6/c1-4-6(9(17)14-5(2-15)11(18)19)7-8(16)12-3-13-10(7)20-4/h3,5,15H,2H2,1H3,(H,14,17)(H,18,19)(H,12,13,16). The Balaban J connectivity index is 2.47. The first-order chi connectivity index (χ1) is 9.45. The van der Waals surface area contributed by atoms with Gasteiger partial charge in [-0.1, -0.05) is 0 Å². The van der Waals surface area contributed by atoms with E-state index in [1.807, 2.05) is 0 Å². The highest BCUT2D eigenvalue weighted by Crippen LogP contribution is 2.20. The van der Waals surface area contributed by atoms with Crippen LogP contribution in [0.3, 0.4) is 0 Å². The number of aromatic nitrogens is 2. The molecule has 0 aliphatic carbocycles. The van der Waals surface area contributed by atoms with Crippen LogP contribution in [0.2, 0.25) is 0 Å². The zero-order valence-electron chi connectivity index (χ0n) is 10.3. The molecule has 2 heterocycles. The highest BCUT2D eigenvalue weighted by atomic mass is 16.4. The second kappa shape index (κ2) is 5.13. The van der Waals surface area contributed by atoms with Crippen molar-refractivity contribution in [2.75, 3.05) is 6.61 Å². The predicted octanol–water partition coefficient (Wildman–Crippen LogP) is -1.00. The van der Waals surface area contributed by atoms with Crippen LogP contribution < -0.4 is 10.9 Å². The first-order valence-corrected chi connectivity index (χ1v) is 5.57. The summed E-state index contributed by atoms with van der Waals surface area (Å²) < 4.78 is 5.17. The normalized spacial score (nSPS) is 12.3. The lowest BCUT2D eigenvalue weighted by Gasteiger charge is -2.10. The van der Waals surface area contributed by atoms with E-state index in [1.54, 1.807) is 0 Å². The van der Waals surface area contributed by atoms with Crippen LogP contribution in [0.5, 0.6) is 0 Å². The third kappa shape index (κ3) is 2.26. The van der Waals surface area contributed by atoms with Gasteiger partial charge >= 0.3 is 5.97 Å². The van der Waals surface area contributed by atoms with Crippen molar-refractivity contribution in [3.8, 4) is 0 Å². The second-order valence-electron chi connectivity index (χ2n) is 3.99. The zero-order valence-corrected chi connectivity index (χ0v) is 10.3. The Bertz CT molecular complexity index is 731. The number of carbonyl (C=O) groups excluding carboxylic acids is 1. The number of aliphatic hydroxyl groups excluding tert-OH is 1. The third-order valence-corrected chi connectivity index (χ3v) is 2.68. The lowest BCUT2D eigenvalue weighted by Crippen LogP contribution is -2.43. The van der Waals surface area contributed by atoms with Gasteiger partial charge in [0.05, 0.1) is 18.5 Å². The number of carbonyl (C=O) groups is 2. The van der Waals surface area contributed by atoms with Crippen LogP contribution in [0.1, 0.15) is 16.1 Å². The molecule has 2 aromatic rings. The van der Waals surface area contributed by atoms with Gasteiger partial charge in [-0.25, -0.2) is 9.78 Å². The van der Waals surface area contributed by atoms with Crippen molar-refractivity contribution in [1.29, 1.82) is 0 Å². The molecule has 0 bridgehead atoms. The number of aromatic amines is 1. The van der Waals surface area contributed by atoms with Crippen molar-refractivity contribution >= 4 is 23.0 Å². The van der Waals surface area contributed by atoms with Crippen LogP contribution in [0.4, 0.5) is 0 Å². The number of furan rings is 1. The summed E-state index contributed by atoms with van der Waals surface area (Å²) in [6.07, 6.45) is 1.13. The highest BCUT2D eigenvalue weighted by Gasteiger charge is 2.25. The van der Waals surface area contributed by atoms with Crippen LogP contribution in [0.25, 0.3) is 11.1 Å². The fourth-order valence-electron chi connectivity index (χ4n) is 1.74. The SMILES string of the molecule is Cc1oc2nc[nH]c(=O)c2c1C(=O)NC(CO)C(=O)O. The molecule has 0 saturated heterocycles. The quantitative estimate of drug-likeness (QED) is 0.562. The van der Waals surface area contributed by atoms with Crippen LogP contribution >= 0.6 is 0 Å². The minimum Gasteiger partial charge on any atom is -0.480 e. The number of fused-ring (bicyclic) bond motifs is 1. The molecule has 1 amide bonds. The topological polar surface area (TPSA) is 146 Å². The van der Waals surface area contributed by atoms with E-state index in [2.05, 4.69) is 15.3 Å². The summed E-state index contributed by atoms with van der Waals surface area (Å²) in [5.41, 5.74) is -0.700. The summed E-state index contributed by atoms with van der Waals surface area (Å²) in [6.45, 7) is 0.676. The molecule has 1 unspecified atom stereocenters. The molecule has 2 aromatic heterocycles. The Morgan fingerprint density at radius 2 is 2.25 bits per heavy atom. The van der Waals surface area contributed by atoms with E-state index in [9.17, 15) is 14.4 Å². The van der Waals surface area contributed by atoms with Crippen molar-refractivity contribution < 1.29 is 24.2 Å². The Kier molecular flexibility index (Phi) is 3.53. The van der Waals surface area contributed by atoms with Gasteiger partial charge in [0.15, 0.2) is 6.04 Å². The van der Waals surface area contributed by atoms with E-state index in [4.69, 9.17) is 14.6 Å². The number of nitrogens with one attached hydrogen (secondary N) is 2. The number of carboxylic acids is 1. The largest absolute Gasteiger partial charge is 0.480 e. The van der Waals surface area contributed by atoms with Crippen molar-refractivity contribution in [3.05, 3.63) is 28.0 Å². The van der Waals surface area contributed by atoms with E-state index in [0.717, 1.165) is 6.33 Å². The molecule has 0 aliphatic heterocycles. The van der Waals surface area contributed by atoms with Gasteiger partial charge in [-0.2, -0.15) is 0 Å². The molecule has 0 aromatic carbocycles. The molecule has 0 spiro atoms. The number of rotatable bonds is 4. The molecule has 20 heavy (non-hydrogen) atoms. The van der Waals surface area contributed by atoms with Crippen LogP contribution in [0.15, 0.2) is 15.5 Å². The van der Waals surface area contributed by atoms with E-state index in [-0.39, 0.29) is 22.4 Å². The number of nitrogens with zero attached hydrogens (tertiary/aromatic N) is 1. The summed E-state index contributed by atoms with van der Waals surface area (Å²) in [7, 11) is 0. The molecular formula is C11H11N3O6. The molecule has 1 atom stereocenters. The molecule has 0 saturated carbocycles. The molecule has 2 rings (SSSR count). The van der Waals surface area contributed by atoms with Gasteiger partial charge in [0.25, 0.3) is 11.5 Å². The fraction of sp³-hybridized carbons (Fsp3) is 0.273. The van der Waals surface area contributed by atoms with Gasteiger partial charge in [-0.05, 0) is 6.92 Å². The molecule has 0 fully saturated rings. The molecule has 0 radical (unpaired) electrons. The first kappa shape index (κ1) is 13.7. The average molecular weight is 281 g/mol. The Morgan fingerprint density at radius 1 is 1.55 bits per heavy atom. The first-order valence-electron chi connectivity index (χ1n) is 5.57. The summed E-state index contributed by atoms with van der Waals surface area (Å²) in [5.74, 6) is -2.09. The molecule has 9 nitrogen and oxygen atoms in total. The van der Waals surface area contributed by atoms with E-state index in [1.165, 1.54) is 6.92 Å². The lowest BCUT2D eigenvalue weighted by molar-refractivity contribution is -0.140. The smallest absolute Gasteiger partial charge is 0.328 e. The molecule has 4 N–H and O–H groups in total. The lowest BCUT2D eigenvalue weighted by atomic mass is 10.1. The van der Waals surface area contributed by atoms with Gasteiger partial charge in [-0.15, -0.1) is 0 Å². The van der Waals surface area contributed by atoms with Crippen molar-refractivity contribution in [2.24, 2.45) is 0 Å². The minimum absolute atomic E-state index is 0.0210. The molecule has 9 heteroatoms. The number of aliphatic hydroxyl groups is 1. The van der Waals surface area contributed by atoms with Gasteiger partial charge in [0.1, 0.15) is 11.1 Å². The Hall–Kier alpha value is -2.68. The minimum atomic E-state index is -1.47. The number of aryl methyl sites for hydroxylation is 1. The maximum absolute atomic E-state index is 12.0. The van der Waals surface area contributed by atoms with Gasteiger partial charge in [-0.3, -0.25) is 9.59 Å². The number of H-pyrrole nitrogens is 1. The Morgan fingerprint density at radius 3 is 2.85 bits per heavy atom. The Labute approximate surface area is 111 Å². The number of carboxylic acid groups (broad SMARTS) is 1. The average Bonchev–Trinajstić information content (AvgIpc) is 2.73. The number of hydrogen-bond donors (Lipinski definition) is 4. The molecule has 106 valence electrons. The van der Waals surface area contributed by atoms with E-state index < -0.39 is 30.1 Å². The molecular weight excluding hydrogens is 270 g/mol. The van der Waals surface area contributed by atoms with Crippen molar-refractivity contribution in [2.45, 2.75) is 13.0 Å². The van der Waals surface area contributed by atoms with Crippen LogP contribution in [-0.4, -0.2) is 44.7 Å². The fourth-order valence-corrected chi connectivity index (χ4v) is 1.74. The third-order valence-electron chi connectivity index (χ3n) is 2.68. The van der Waals surface area contributed by atoms with Gasteiger partial charge in [0, 0.05) is 0 Å².